The highest BCUT2D eigenvalue weighted by Crippen LogP contribution is 2.42. The van der Waals surface area contributed by atoms with E-state index in [2.05, 4.69) is 144 Å². The number of anilines is 3. The molecule has 8 rings (SSSR count). The second-order valence-electron chi connectivity index (χ2n) is 10.4. The van der Waals surface area contributed by atoms with Crippen molar-refractivity contribution in [2.24, 2.45) is 0 Å². The zero-order valence-electron chi connectivity index (χ0n) is 22.8. The predicted molar refractivity (Wildman–Crippen MR) is 175 cm³/mol. The van der Waals surface area contributed by atoms with Gasteiger partial charge in [0.1, 0.15) is 5.52 Å². The lowest BCUT2D eigenvalue weighted by atomic mass is 10.0. The van der Waals surface area contributed by atoms with Crippen molar-refractivity contribution in [3.8, 4) is 22.6 Å². The first kappa shape index (κ1) is 24.2. The Bertz CT molecular complexity index is 2180. The Morgan fingerprint density at radius 3 is 1.86 bits per heavy atom. The molecule has 0 aliphatic rings. The maximum atomic E-state index is 6.37. The minimum absolute atomic E-state index is 0.627. The van der Waals surface area contributed by atoms with Gasteiger partial charge in [0.05, 0.1) is 5.69 Å². The Balaban J connectivity index is 1.29. The smallest absolute Gasteiger partial charge is 0.227 e. The molecule has 0 saturated carbocycles. The Labute approximate surface area is 243 Å². The quantitative estimate of drug-likeness (QED) is 0.218. The van der Waals surface area contributed by atoms with Crippen LogP contribution in [-0.4, -0.2) is 4.98 Å². The molecule has 0 bridgehead atoms. The van der Waals surface area contributed by atoms with Gasteiger partial charge in [-0.1, -0.05) is 115 Å². The van der Waals surface area contributed by atoms with Gasteiger partial charge in [-0.25, -0.2) is 4.98 Å². The van der Waals surface area contributed by atoms with E-state index in [4.69, 9.17) is 9.40 Å². The first-order chi connectivity index (χ1) is 20.8. The molecule has 1 heterocycles. The summed E-state index contributed by atoms with van der Waals surface area (Å²) in [6.45, 7) is 0. The molecule has 7 aromatic carbocycles. The Morgan fingerprint density at radius 1 is 0.452 bits per heavy atom. The molecule has 0 fully saturated rings. The van der Waals surface area contributed by atoms with Gasteiger partial charge in [-0.2, -0.15) is 0 Å². The van der Waals surface area contributed by atoms with Crippen molar-refractivity contribution in [2.75, 3.05) is 4.90 Å². The van der Waals surface area contributed by atoms with Crippen molar-refractivity contribution < 1.29 is 4.42 Å². The fraction of sp³-hybridized carbons (Fsp3) is 0. The van der Waals surface area contributed by atoms with Crippen LogP contribution in [0.25, 0.3) is 55.2 Å². The van der Waals surface area contributed by atoms with E-state index in [-0.39, 0.29) is 0 Å². The molecule has 0 aliphatic heterocycles. The summed E-state index contributed by atoms with van der Waals surface area (Å²) in [6, 6.07) is 55.0. The number of rotatable bonds is 5. The summed E-state index contributed by atoms with van der Waals surface area (Å²) >= 11 is 0. The summed E-state index contributed by atoms with van der Waals surface area (Å²) in [6.07, 6.45) is 0. The van der Waals surface area contributed by atoms with Crippen LogP contribution < -0.4 is 4.90 Å². The zero-order valence-corrected chi connectivity index (χ0v) is 22.8. The molecule has 0 unspecified atom stereocenters. The minimum Gasteiger partial charge on any atom is -0.436 e. The summed E-state index contributed by atoms with van der Waals surface area (Å²) in [5.74, 6) is 0.627. The van der Waals surface area contributed by atoms with Crippen molar-refractivity contribution in [3.63, 3.8) is 0 Å². The molecule has 0 atom stereocenters. The third-order valence-corrected chi connectivity index (χ3v) is 7.90. The number of oxazole rings is 1. The molecule has 0 aliphatic carbocycles. The van der Waals surface area contributed by atoms with Crippen molar-refractivity contribution in [2.45, 2.75) is 0 Å². The highest BCUT2D eigenvalue weighted by molar-refractivity contribution is 6.07. The topological polar surface area (TPSA) is 29.3 Å². The second kappa shape index (κ2) is 10.1. The van der Waals surface area contributed by atoms with Gasteiger partial charge in [0.2, 0.25) is 5.89 Å². The lowest BCUT2D eigenvalue weighted by molar-refractivity contribution is 0.620. The van der Waals surface area contributed by atoms with E-state index in [0.29, 0.717) is 5.89 Å². The van der Waals surface area contributed by atoms with E-state index in [9.17, 15) is 0 Å². The van der Waals surface area contributed by atoms with E-state index in [1.807, 2.05) is 18.2 Å². The maximum Gasteiger partial charge on any atom is 0.227 e. The van der Waals surface area contributed by atoms with Gasteiger partial charge in [-0.15, -0.1) is 0 Å². The first-order valence-corrected chi connectivity index (χ1v) is 14.1. The first-order valence-electron chi connectivity index (χ1n) is 14.1. The van der Waals surface area contributed by atoms with Crippen LogP contribution in [0.2, 0.25) is 0 Å². The molecule has 0 N–H and O–H groups in total. The summed E-state index contributed by atoms with van der Waals surface area (Å²) in [4.78, 5) is 7.33. The summed E-state index contributed by atoms with van der Waals surface area (Å²) < 4.78 is 6.37. The molecule has 0 amide bonds. The molecule has 3 nitrogen and oxygen atoms in total. The minimum atomic E-state index is 0.627. The number of nitrogens with zero attached hydrogens (tertiary/aromatic N) is 2. The molecule has 0 spiro atoms. The van der Waals surface area contributed by atoms with Gasteiger partial charge < -0.3 is 9.32 Å². The summed E-state index contributed by atoms with van der Waals surface area (Å²) in [5, 5.41) is 4.47. The normalized spacial score (nSPS) is 11.3. The van der Waals surface area contributed by atoms with Crippen molar-refractivity contribution in [1.82, 2.24) is 4.98 Å². The number of hydrogen-bond donors (Lipinski definition) is 0. The van der Waals surface area contributed by atoms with Gasteiger partial charge in [0, 0.05) is 27.7 Å². The number of para-hydroxylation sites is 1. The van der Waals surface area contributed by atoms with Crippen LogP contribution in [0, 0.1) is 0 Å². The molecule has 1 aromatic heterocycles. The summed E-state index contributed by atoms with van der Waals surface area (Å²) in [5.41, 5.74) is 8.33. The average Bonchev–Trinajstić information content (AvgIpc) is 3.51. The average molecular weight is 539 g/mol. The fourth-order valence-corrected chi connectivity index (χ4v) is 5.88. The Kier molecular flexibility index (Phi) is 5.79. The van der Waals surface area contributed by atoms with Crippen LogP contribution in [0.4, 0.5) is 17.1 Å². The zero-order chi connectivity index (χ0) is 27.9. The lowest BCUT2D eigenvalue weighted by Crippen LogP contribution is -2.10. The largest absolute Gasteiger partial charge is 0.436 e. The van der Waals surface area contributed by atoms with E-state index in [1.54, 1.807) is 0 Å². The molecular weight excluding hydrogens is 512 g/mol. The number of hydrogen-bond acceptors (Lipinski definition) is 3. The highest BCUT2D eigenvalue weighted by Gasteiger charge is 2.19. The van der Waals surface area contributed by atoms with Crippen molar-refractivity contribution in [1.29, 1.82) is 0 Å². The molecule has 42 heavy (non-hydrogen) atoms. The standard InChI is InChI=1S/C39H26N2O/c1-3-11-27(12-4-1)28-19-22-31(23-20-28)41(30-14-5-2-6-15-30)36-25-24-35(33-17-9-10-18-34(33)36)39-40-38-32-16-8-7-13-29(32)21-26-37(38)42-39/h1-26H. The van der Waals surface area contributed by atoms with Crippen LogP contribution in [0.1, 0.15) is 0 Å². The molecule has 3 heteroatoms. The molecular formula is C39H26N2O. The number of fused-ring (bicyclic) bond motifs is 4. The van der Waals surface area contributed by atoms with Crippen LogP contribution in [0.15, 0.2) is 162 Å². The van der Waals surface area contributed by atoms with Crippen LogP contribution >= 0.6 is 0 Å². The molecule has 8 aromatic rings. The SMILES string of the molecule is c1ccc(-c2ccc(N(c3ccccc3)c3ccc(-c4nc5c(ccc6ccccc65)o4)c4ccccc34)cc2)cc1. The second-order valence-corrected chi connectivity index (χ2v) is 10.4. The van der Waals surface area contributed by atoms with Gasteiger partial charge in [0.15, 0.2) is 5.58 Å². The Morgan fingerprint density at radius 2 is 1.07 bits per heavy atom. The van der Waals surface area contributed by atoms with E-state index < -0.39 is 0 Å². The highest BCUT2D eigenvalue weighted by atomic mass is 16.3. The van der Waals surface area contributed by atoms with Gasteiger partial charge in [-0.3, -0.25) is 0 Å². The third-order valence-electron chi connectivity index (χ3n) is 7.90. The van der Waals surface area contributed by atoms with Gasteiger partial charge in [-0.05, 0) is 64.4 Å². The molecule has 0 radical (unpaired) electrons. The number of benzene rings is 7. The van der Waals surface area contributed by atoms with Crippen LogP contribution in [0.5, 0.6) is 0 Å². The van der Waals surface area contributed by atoms with Crippen LogP contribution in [-0.2, 0) is 0 Å². The van der Waals surface area contributed by atoms with Gasteiger partial charge in [0.25, 0.3) is 0 Å². The lowest BCUT2D eigenvalue weighted by Gasteiger charge is -2.27. The van der Waals surface area contributed by atoms with E-state index >= 15 is 0 Å². The van der Waals surface area contributed by atoms with Crippen molar-refractivity contribution >= 4 is 49.7 Å². The molecule has 0 saturated heterocycles. The van der Waals surface area contributed by atoms with Crippen molar-refractivity contribution in [3.05, 3.63) is 158 Å². The summed E-state index contributed by atoms with van der Waals surface area (Å²) in [7, 11) is 0. The monoisotopic (exact) mass is 538 g/mol. The fourth-order valence-electron chi connectivity index (χ4n) is 5.88. The maximum absolute atomic E-state index is 6.37. The van der Waals surface area contributed by atoms with E-state index in [1.165, 1.54) is 11.1 Å². The van der Waals surface area contributed by atoms with E-state index in [0.717, 1.165) is 55.3 Å². The van der Waals surface area contributed by atoms with Gasteiger partial charge >= 0.3 is 0 Å². The predicted octanol–water partition coefficient (Wildman–Crippen LogP) is 10.9. The van der Waals surface area contributed by atoms with Crippen LogP contribution in [0.3, 0.4) is 0 Å². The number of aromatic nitrogens is 1. The molecule has 198 valence electrons. The third kappa shape index (κ3) is 4.11. The Hall–Kier alpha value is -5.67.